The molecule has 14 heteroatoms. The van der Waals surface area contributed by atoms with Crippen LogP contribution in [-0.4, -0.2) is 54.9 Å². The number of nitrogens with zero attached hydrogens (tertiary/aromatic N) is 3. The zero-order chi connectivity index (χ0) is 28.4. The second-order valence-corrected chi connectivity index (χ2v) is 11.0. The van der Waals surface area contributed by atoms with E-state index in [4.69, 9.17) is 15.0 Å². The van der Waals surface area contributed by atoms with E-state index in [1.54, 1.807) is 26.0 Å². The molecule has 0 radical (unpaired) electrons. The third-order valence-corrected chi connectivity index (χ3v) is 8.02. The highest BCUT2D eigenvalue weighted by Crippen LogP contribution is 2.33. The Labute approximate surface area is 222 Å². The van der Waals surface area contributed by atoms with Crippen LogP contribution in [0.5, 0.6) is 0 Å². The van der Waals surface area contributed by atoms with Crippen molar-refractivity contribution in [1.82, 2.24) is 14.6 Å². The van der Waals surface area contributed by atoms with Crippen molar-refractivity contribution in [3.63, 3.8) is 0 Å². The molecule has 3 aromatic rings. The summed E-state index contributed by atoms with van der Waals surface area (Å²) >= 11 is 0. The maximum absolute atomic E-state index is 13.5. The lowest BCUT2D eigenvalue weighted by molar-refractivity contribution is -0.223. The minimum atomic E-state index is -5.38. The van der Waals surface area contributed by atoms with Crippen LogP contribution in [0, 0.1) is 19.8 Å². The number of aryl methyl sites for hydroxylation is 2. The summed E-state index contributed by atoms with van der Waals surface area (Å²) in [6.45, 7) is 3.94. The number of hydrogen-bond donors (Lipinski definition) is 1. The Balaban J connectivity index is 1.69. The molecule has 210 valence electrons. The van der Waals surface area contributed by atoms with Gasteiger partial charge < -0.3 is 19.8 Å². The molecule has 2 N–H and O–H groups in total. The molecule has 1 aromatic carbocycles. The molecule has 0 aliphatic carbocycles. The highest BCUT2D eigenvalue weighted by molar-refractivity contribution is 7.89. The van der Waals surface area contributed by atoms with Crippen LogP contribution in [-0.2, 0) is 24.4 Å². The van der Waals surface area contributed by atoms with Crippen LogP contribution < -0.4 is 5.73 Å². The molecular formula is C25H27F3N4O6S. The van der Waals surface area contributed by atoms with Crippen LogP contribution in [0.3, 0.4) is 0 Å². The minimum absolute atomic E-state index is 0.00798. The summed E-state index contributed by atoms with van der Waals surface area (Å²) in [5.74, 6) is -2.09. The Hall–Kier alpha value is -3.49. The molecular weight excluding hydrogens is 541 g/mol. The smallest absolute Gasteiger partial charge is 0.383 e. The van der Waals surface area contributed by atoms with Crippen LogP contribution in [0.25, 0.3) is 22.5 Å². The number of aromatic nitrogens is 2. The summed E-state index contributed by atoms with van der Waals surface area (Å²) in [6, 6.07) is 7.33. The number of halogens is 3. The van der Waals surface area contributed by atoms with Gasteiger partial charge in [0.1, 0.15) is 5.82 Å². The third-order valence-electron chi connectivity index (χ3n) is 6.37. The zero-order valence-electron chi connectivity index (χ0n) is 21.2. The molecule has 10 nitrogen and oxygen atoms in total. The van der Waals surface area contributed by atoms with Crippen LogP contribution in [0.2, 0.25) is 0 Å². The Morgan fingerprint density at radius 1 is 1.15 bits per heavy atom. The van der Waals surface area contributed by atoms with Crippen LogP contribution in [0.1, 0.15) is 30.5 Å². The number of hydrogen-bond acceptors (Lipinski definition) is 9. The lowest BCUT2D eigenvalue weighted by Crippen LogP contribution is -2.40. The Kier molecular flexibility index (Phi) is 8.28. The highest BCUT2D eigenvalue weighted by Gasteiger charge is 2.44. The van der Waals surface area contributed by atoms with Crippen LogP contribution in [0.4, 0.5) is 19.0 Å². The maximum Gasteiger partial charge on any atom is 0.492 e. The SMILES string of the molecule is Cc1cc(-c2cc(-c3cc(S(=O)(=O)N(CCC4CCOCC4)OC(=O)C(F)(F)F)ccc3C)cnc2N)on1. The highest BCUT2D eigenvalue weighted by atomic mass is 32.2. The van der Waals surface area contributed by atoms with Crippen molar-refractivity contribution in [2.24, 2.45) is 5.92 Å². The second-order valence-electron chi connectivity index (χ2n) is 9.22. The topological polar surface area (TPSA) is 138 Å². The Morgan fingerprint density at radius 2 is 1.87 bits per heavy atom. The second kappa shape index (κ2) is 11.3. The quantitative estimate of drug-likeness (QED) is 0.391. The fourth-order valence-electron chi connectivity index (χ4n) is 4.18. The van der Waals surface area contributed by atoms with E-state index >= 15 is 0 Å². The summed E-state index contributed by atoms with van der Waals surface area (Å²) in [5.41, 5.74) is 8.61. The standard InChI is InChI=1S/C25H27F3N4O6S/c1-15-3-4-19(13-20(15)18-12-21(23(29)30-14-18)22-11-16(2)31-37-22)39(34,35)32(38-24(33)25(26,27)28)8-5-17-6-9-36-10-7-17/h3-4,11-14,17H,5-10H2,1-2H3,(H2,29,30). The van der Waals surface area contributed by atoms with Gasteiger partial charge in [-0.05, 0) is 72.8 Å². The predicted octanol–water partition coefficient (Wildman–Crippen LogP) is 4.43. The van der Waals surface area contributed by atoms with Crippen molar-refractivity contribution in [2.45, 2.75) is 44.2 Å². The van der Waals surface area contributed by atoms with Gasteiger partial charge in [0, 0.05) is 31.0 Å². The summed E-state index contributed by atoms with van der Waals surface area (Å²) < 4.78 is 76.7. The number of sulfonamides is 1. The van der Waals surface area contributed by atoms with Crippen LogP contribution in [0.15, 0.2) is 45.9 Å². The first-order valence-electron chi connectivity index (χ1n) is 12.1. The first-order valence-corrected chi connectivity index (χ1v) is 13.5. The van der Waals surface area contributed by atoms with Gasteiger partial charge in [0.15, 0.2) is 5.76 Å². The molecule has 1 aliphatic rings. The average Bonchev–Trinajstić information content (AvgIpc) is 3.32. The van der Waals surface area contributed by atoms with E-state index in [1.165, 1.54) is 24.4 Å². The van der Waals surface area contributed by atoms with Crippen molar-refractivity contribution in [1.29, 1.82) is 0 Å². The molecule has 0 unspecified atom stereocenters. The first-order chi connectivity index (χ1) is 18.4. The lowest BCUT2D eigenvalue weighted by atomic mass is 9.97. The van der Waals surface area contributed by atoms with Gasteiger partial charge in [-0.25, -0.2) is 18.2 Å². The van der Waals surface area contributed by atoms with E-state index < -0.39 is 28.7 Å². The number of rotatable bonds is 8. The van der Waals surface area contributed by atoms with E-state index in [9.17, 15) is 26.4 Å². The molecule has 0 atom stereocenters. The number of nitrogens with two attached hydrogens (primary N) is 1. The van der Waals surface area contributed by atoms with E-state index in [-0.39, 0.29) is 27.5 Å². The number of alkyl halides is 3. The third kappa shape index (κ3) is 6.57. The van der Waals surface area contributed by atoms with E-state index in [2.05, 4.69) is 15.0 Å². The summed E-state index contributed by atoms with van der Waals surface area (Å²) in [5, 5.41) is 3.84. The molecule has 3 heterocycles. The minimum Gasteiger partial charge on any atom is -0.383 e. The summed E-state index contributed by atoms with van der Waals surface area (Å²) in [7, 11) is -4.69. The van der Waals surface area contributed by atoms with Crippen molar-refractivity contribution < 1.29 is 40.5 Å². The molecule has 1 saturated heterocycles. The number of pyridine rings is 1. The number of carbonyl (C=O) groups is 1. The van der Waals surface area contributed by atoms with E-state index in [0.29, 0.717) is 59.8 Å². The fourth-order valence-corrected chi connectivity index (χ4v) is 5.44. The fraction of sp³-hybridized carbons (Fsp3) is 0.400. The molecule has 2 aromatic heterocycles. The Morgan fingerprint density at radius 3 is 2.51 bits per heavy atom. The van der Waals surface area contributed by atoms with Gasteiger partial charge in [-0.1, -0.05) is 11.2 Å². The van der Waals surface area contributed by atoms with E-state index in [1.807, 2.05) is 0 Å². The van der Waals surface area contributed by atoms with Gasteiger partial charge in [-0.3, -0.25) is 0 Å². The molecule has 1 fully saturated rings. The largest absolute Gasteiger partial charge is 0.492 e. The zero-order valence-corrected chi connectivity index (χ0v) is 22.0. The number of benzene rings is 1. The van der Waals surface area contributed by atoms with Crippen molar-refractivity contribution in [2.75, 3.05) is 25.5 Å². The van der Waals surface area contributed by atoms with Crippen molar-refractivity contribution in [3.8, 4) is 22.5 Å². The Bertz CT molecular complexity index is 1450. The van der Waals surface area contributed by atoms with Gasteiger partial charge in [0.2, 0.25) is 0 Å². The number of anilines is 1. The monoisotopic (exact) mass is 568 g/mol. The molecule has 4 rings (SSSR count). The van der Waals surface area contributed by atoms with Crippen molar-refractivity contribution in [3.05, 3.63) is 47.8 Å². The van der Waals surface area contributed by atoms with Crippen molar-refractivity contribution >= 4 is 21.8 Å². The van der Waals surface area contributed by atoms with E-state index in [0.717, 1.165) is 0 Å². The normalized spacial score (nSPS) is 15.0. The molecule has 0 saturated carbocycles. The van der Waals surface area contributed by atoms with Gasteiger partial charge in [-0.15, -0.1) is 0 Å². The molecule has 0 bridgehead atoms. The number of hydroxylamine groups is 1. The predicted molar refractivity (Wildman–Crippen MR) is 133 cm³/mol. The molecule has 39 heavy (non-hydrogen) atoms. The number of carbonyl (C=O) groups excluding carboxylic acids is 1. The average molecular weight is 569 g/mol. The maximum atomic E-state index is 13.5. The van der Waals surface area contributed by atoms with Gasteiger partial charge in [0.25, 0.3) is 10.0 Å². The summed E-state index contributed by atoms with van der Waals surface area (Å²) in [4.78, 5) is 19.9. The molecule has 1 aliphatic heterocycles. The van der Waals surface area contributed by atoms with Gasteiger partial charge in [-0.2, -0.15) is 13.2 Å². The molecule has 0 amide bonds. The molecule has 0 spiro atoms. The van der Waals surface area contributed by atoms with Crippen LogP contribution >= 0.6 is 0 Å². The van der Waals surface area contributed by atoms with Gasteiger partial charge in [0.05, 0.1) is 22.7 Å². The first kappa shape index (κ1) is 28.5. The summed E-state index contributed by atoms with van der Waals surface area (Å²) in [6.07, 6.45) is -2.52. The van der Waals surface area contributed by atoms with Gasteiger partial charge >= 0.3 is 12.1 Å². The lowest BCUT2D eigenvalue weighted by Gasteiger charge is -2.26. The number of nitrogen functional groups attached to an aromatic ring is 1. The number of ether oxygens (including phenoxy) is 1.